The van der Waals surface area contributed by atoms with E-state index in [4.69, 9.17) is 5.26 Å². The SMILES string of the molecule is CC#N.O=Cc1c2ccccc2cc2ccccc12. The number of carbonyl (C=O) groups excluding carboxylic acids is 1. The van der Waals surface area contributed by atoms with Crippen LogP contribution >= 0.6 is 0 Å². The Morgan fingerprint density at radius 2 is 1.37 bits per heavy atom. The maximum atomic E-state index is 11.2. The van der Waals surface area contributed by atoms with Crippen LogP contribution in [0.2, 0.25) is 0 Å². The predicted molar refractivity (Wildman–Crippen MR) is 78.1 cm³/mol. The van der Waals surface area contributed by atoms with Crippen molar-refractivity contribution >= 4 is 27.8 Å². The molecule has 0 fully saturated rings. The van der Waals surface area contributed by atoms with Crippen molar-refractivity contribution < 1.29 is 4.79 Å². The molecular formula is C17H13NO. The Kier molecular flexibility index (Phi) is 3.90. The summed E-state index contributed by atoms with van der Waals surface area (Å²) in [5.74, 6) is 0. The first-order valence-electron chi connectivity index (χ1n) is 5.98. The molecule has 0 saturated carbocycles. The number of nitrogens with zero attached hydrogens (tertiary/aromatic N) is 1. The molecule has 3 aromatic rings. The third-order valence-electron chi connectivity index (χ3n) is 2.93. The smallest absolute Gasteiger partial charge is 0.151 e. The monoisotopic (exact) mass is 247 g/mol. The topological polar surface area (TPSA) is 40.9 Å². The highest BCUT2D eigenvalue weighted by atomic mass is 16.1. The van der Waals surface area contributed by atoms with E-state index in [0.717, 1.165) is 33.4 Å². The fourth-order valence-corrected chi connectivity index (χ4v) is 2.18. The summed E-state index contributed by atoms with van der Waals surface area (Å²) >= 11 is 0. The summed E-state index contributed by atoms with van der Waals surface area (Å²) in [6.45, 7) is 1.43. The third kappa shape index (κ3) is 2.46. The summed E-state index contributed by atoms with van der Waals surface area (Å²) in [4.78, 5) is 11.2. The molecule has 0 aromatic heterocycles. The summed E-state index contributed by atoms with van der Waals surface area (Å²) in [5.41, 5.74) is 0.786. The van der Waals surface area contributed by atoms with Gasteiger partial charge in [-0.3, -0.25) is 4.79 Å². The molecule has 3 rings (SSSR count). The number of rotatable bonds is 1. The zero-order valence-corrected chi connectivity index (χ0v) is 10.6. The predicted octanol–water partition coefficient (Wildman–Crippen LogP) is 4.34. The quantitative estimate of drug-likeness (QED) is 0.474. The highest BCUT2D eigenvalue weighted by molar-refractivity contribution is 6.12. The lowest BCUT2D eigenvalue weighted by Crippen LogP contribution is -1.86. The summed E-state index contributed by atoms with van der Waals surface area (Å²) in [6.07, 6.45) is 0.949. The van der Waals surface area contributed by atoms with E-state index >= 15 is 0 Å². The lowest BCUT2D eigenvalue weighted by molar-refractivity contribution is 0.112. The van der Waals surface area contributed by atoms with Crippen LogP contribution in [0.3, 0.4) is 0 Å². The van der Waals surface area contributed by atoms with Crippen LogP contribution in [0.15, 0.2) is 54.6 Å². The first kappa shape index (κ1) is 12.8. The molecule has 19 heavy (non-hydrogen) atoms. The summed E-state index contributed by atoms with van der Waals surface area (Å²) in [7, 11) is 0. The molecule has 0 spiro atoms. The summed E-state index contributed by atoms with van der Waals surface area (Å²) < 4.78 is 0. The van der Waals surface area contributed by atoms with Crippen molar-refractivity contribution in [3.8, 4) is 6.07 Å². The van der Waals surface area contributed by atoms with E-state index in [2.05, 4.69) is 6.07 Å². The minimum atomic E-state index is 0.786. The first-order valence-corrected chi connectivity index (χ1v) is 5.98. The third-order valence-corrected chi connectivity index (χ3v) is 2.93. The number of benzene rings is 3. The molecule has 2 nitrogen and oxygen atoms in total. The molecule has 0 heterocycles. The molecule has 0 bridgehead atoms. The Bertz CT molecular complexity index is 715. The Labute approximate surface area is 111 Å². The number of carbonyl (C=O) groups is 1. The maximum Gasteiger partial charge on any atom is 0.151 e. The highest BCUT2D eigenvalue weighted by Crippen LogP contribution is 2.26. The van der Waals surface area contributed by atoms with Crippen molar-refractivity contribution in [3.05, 3.63) is 60.2 Å². The molecule has 0 aliphatic carbocycles. The van der Waals surface area contributed by atoms with Crippen LogP contribution in [0.4, 0.5) is 0 Å². The number of fused-ring (bicyclic) bond motifs is 2. The Hall–Kier alpha value is -2.66. The number of nitriles is 1. The van der Waals surface area contributed by atoms with Crippen molar-refractivity contribution in [2.45, 2.75) is 6.92 Å². The van der Waals surface area contributed by atoms with E-state index < -0.39 is 0 Å². The molecule has 0 amide bonds. The van der Waals surface area contributed by atoms with Gasteiger partial charge in [-0.05, 0) is 27.6 Å². The number of hydrogen-bond donors (Lipinski definition) is 0. The normalized spacial score (nSPS) is 9.47. The standard InChI is InChI=1S/C15H10O.C2H3N/c16-10-15-13-7-3-1-5-11(13)9-12-6-2-4-8-14(12)15;1-2-3/h1-10H;1H3. The molecule has 0 radical (unpaired) electrons. The van der Waals surface area contributed by atoms with E-state index in [1.165, 1.54) is 6.92 Å². The van der Waals surface area contributed by atoms with E-state index in [1.807, 2.05) is 48.5 Å². The molecule has 2 heteroatoms. The van der Waals surface area contributed by atoms with Gasteiger partial charge in [-0.1, -0.05) is 48.5 Å². The zero-order valence-electron chi connectivity index (χ0n) is 10.6. The first-order chi connectivity index (χ1) is 9.31. The second-order valence-electron chi connectivity index (χ2n) is 4.07. The van der Waals surface area contributed by atoms with E-state index in [9.17, 15) is 4.79 Å². The number of hydrogen-bond acceptors (Lipinski definition) is 2. The second kappa shape index (κ2) is 5.79. The number of aldehydes is 1. The van der Waals surface area contributed by atoms with Crippen molar-refractivity contribution in [2.75, 3.05) is 0 Å². The van der Waals surface area contributed by atoms with Gasteiger partial charge in [0.25, 0.3) is 0 Å². The van der Waals surface area contributed by atoms with Crippen molar-refractivity contribution in [3.63, 3.8) is 0 Å². The Morgan fingerprint density at radius 3 is 1.79 bits per heavy atom. The Morgan fingerprint density at radius 1 is 0.947 bits per heavy atom. The van der Waals surface area contributed by atoms with Crippen LogP contribution in [0.1, 0.15) is 17.3 Å². The van der Waals surface area contributed by atoms with Gasteiger partial charge in [-0.2, -0.15) is 5.26 Å². The van der Waals surface area contributed by atoms with Crippen LogP contribution in [0, 0.1) is 11.3 Å². The minimum absolute atomic E-state index is 0.786. The highest BCUT2D eigenvalue weighted by Gasteiger charge is 2.05. The van der Waals surface area contributed by atoms with Gasteiger partial charge in [0.05, 0.1) is 6.07 Å². The average molecular weight is 247 g/mol. The fourth-order valence-electron chi connectivity index (χ4n) is 2.18. The molecule has 0 saturated heterocycles. The van der Waals surface area contributed by atoms with Gasteiger partial charge in [-0.25, -0.2) is 0 Å². The lowest BCUT2D eigenvalue weighted by Gasteiger charge is -2.05. The van der Waals surface area contributed by atoms with Gasteiger partial charge < -0.3 is 0 Å². The lowest BCUT2D eigenvalue weighted by atomic mass is 9.98. The Balaban J connectivity index is 0.000000408. The summed E-state index contributed by atoms with van der Waals surface area (Å²) in [6, 6.07) is 19.8. The maximum absolute atomic E-state index is 11.2. The van der Waals surface area contributed by atoms with Crippen LogP contribution in [0.5, 0.6) is 0 Å². The molecule has 0 aliphatic rings. The van der Waals surface area contributed by atoms with Gasteiger partial charge in [0, 0.05) is 12.5 Å². The van der Waals surface area contributed by atoms with Gasteiger partial charge in [-0.15, -0.1) is 0 Å². The minimum Gasteiger partial charge on any atom is -0.298 e. The van der Waals surface area contributed by atoms with E-state index in [0.29, 0.717) is 0 Å². The van der Waals surface area contributed by atoms with Crippen LogP contribution in [0.25, 0.3) is 21.5 Å². The zero-order chi connectivity index (χ0) is 13.7. The van der Waals surface area contributed by atoms with Gasteiger partial charge in [0.1, 0.15) is 0 Å². The van der Waals surface area contributed by atoms with Crippen molar-refractivity contribution in [1.29, 1.82) is 5.26 Å². The second-order valence-corrected chi connectivity index (χ2v) is 4.07. The molecular weight excluding hydrogens is 234 g/mol. The van der Waals surface area contributed by atoms with Crippen LogP contribution < -0.4 is 0 Å². The van der Waals surface area contributed by atoms with Gasteiger partial charge >= 0.3 is 0 Å². The van der Waals surface area contributed by atoms with Gasteiger partial charge in [0.15, 0.2) is 6.29 Å². The van der Waals surface area contributed by atoms with Gasteiger partial charge in [0.2, 0.25) is 0 Å². The van der Waals surface area contributed by atoms with Crippen LogP contribution in [-0.2, 0) is 0 Å². The molecule has 0 atom stereocenters. The molecule has 0 N–H and O–H groups in total. The molecule has 3 aromatic carbocycles. The van der Waals surface area contributed by atoms with Crippen molar-refractivity contribution in [1.82, 2.24) is 0 Å². The van der Waals surface area contributed by atoms with E-state index in [1.54, 1.807) is 6.07 Å². The molecule has 92 valence electrons. The summed E-state index contributed by atoms with van der Waals surface area (Å²) in [5, 5.41) is 11.6. The van der Waals surface area contributed by atoms with E-state index in [-0.39, 0.29) is 0 Å². The molecule has 0 unspecified atom stereocenters. The fraction of sp³-hybridized carbons (Fsp3) is 0.0588. The molecule has 0 aliphatic heterocycles. The van der Waals surface area contributed by atoms with Crippen LogP contribution in [-0.4, -0.2) is 6.29 Å². The average Bonchev–Trinajstić information content (AvgIpc) is 2.45. The largest absolute Gasteiger partial charge is 0.298 e. The van der Waals surface area contributed by atoms with Crippen molar-refractivity contribution in [2.24, 2.45) is 0 Å².